The van der Waals surface area contributed by atoms with Crippen LogP contribution in [0.5, 0.6) is 0 Å². The predicted octanol–water partition coefficient (Wildman–Crippen LogP) is 4.35. The lowest BCUT2D eigenvalue weighted by Crippen LogP contribution is -2.16. The normalized spacial score (nSPS) is 17.1. The maximum absolute atomic E-state index is 13.2. The Morgan fingerprint density at radius 3 is 2.95 bits per heavy atom. The second-order valence-corrected chi connectivity index (χ2v) is 5.81. The minimum atomic E-state index is -0.383. The molecule has 1 heterocycles. The van der Waals surface area contributed by atoms with Crippen LogP contribution in [0.1, 0.15) is 23.6 Å². The van der Waals surface area contributed by atoms with Crippen LogP contribution in [0.15, 0.2) is 47.4 Å². The second kappa shape index (κ2) is 5.56. The van der Waals surface area contributed by atoms with Crippen LogP contribution in [0.25, 0.3) is 0 Å². The Balaban J connectivity index is 1.92. The van der Waals surface area contributed by atoms with Gasteiger partial charge in [-0.15, -0.1) is 11.8 Å². The van der Waals surface area contributed by atoms with E-state index in [-0.39, 0.29) is 11.9 Å². The molecule has 20 heavy (non-hydrogen) atoms. The molecule has 2 aromatic carbocycles. The van der Waals surface area contributed by atoms with E-state index in [1.165, 1.54) is 22.6 Å². The number of fused-ring (bicyclic) bond motifs is 1. The van der Waals surface area contributed by atoms with Gasteiger partial charge in [0.2, 0.25) is 0 Å². The maximum atomic E-state index is 13.2. The summed E-state index contributed by atoms with van der Waals surface area (Å²) in [4.78, 5) is 1.27. The Morgan fingerprint density at radius 1 is 1.25 bits per heavy atom. The van der Waals surface area contributed by atoms with Gasteiger partial charge < -0.3 is 5.32 Å². The van der Waals surface area contributed by atoms with Crippen molar-refractivity contribution in [2.45, 2.75) is 17.4 Å². The van der Waals surface area contributed by atoms with E-state index >= 15 is 0 Å². The number of nitrogens with zero attached hydrogens (tertiary/aromatic N) is 1. The molecular weight excluding hydrogens is 271 g/mol. The number of nitriles is 1. The Labute approximate surface area is 121 Å². The molecule has 3 rings (SSSR count). The topological polar surface area (TPSA) is 35.8 Å². The van der Waals surface area contributed by atoms with Crippen molar-refractivity contribution >= 4 is 17.4 Å². The highest BCUT2D eigenvalue weighted by atomic mass is 32.2. The second-order valence-electron chi connectivity index (χ2n) is 4.67. The standard InChI is InChI=1S/C16H13FN2S/c17-12-5-6-14(11(9-12)10-18)19-15-7-8-20-16-4-2-1-3-13(15)16/h1-6,9,15,19H,7-8H2. The van der Waals surface area contributed by atoms with Gasteiger partial charge in [-0.3, -0.25) is 0 Å². The average Bonchev–Trinajstić information content (AvgIpc) is 2.49. The van der Waals surface area contributed by atoms with Crippen molar-refractivity contribution < 1.29 is 4.39 Å². The highest BCUT2D eigenvalue weighted by molar-refractivity contribution is 7.99. The Hall–Kier alpha value is -1.99. The molecular formula is C16H13FN2S. The number of nitrogens with one attached hydrogen (secondary N) is 1. The van der Waals surface area contributed by atoms with E-state index < -0.39 is 0 Å². The van der Waals surface area contributed by atoms with Gasteiger partial charge in [-0.05, 0) is 36.2 Å². The van der Waals surface area contributed by atoms with Crippen LogP contribution in [-0.2, 0) is 0 Å². The van der Waals surface area contributed by atoms with Crippen LogP contribution in [0.2, 0.25) is 0 Å². The summed E-state index contributed by atoms with van der Waals surface area (Å²) in [7, 11) is 0. The molecule has 0 aliphatic carbocycles. The molecule has 0 saturated carbocycles. The maximum Gasteiger partial charge on any atom is 0.124 e. The minimum absolute atomic E-state index is 0.171. The monoisotopic (exact) mass is 284 g/mol. The van der Waals surface area contributed by atoms with Crippen LogP contribution in [-0.4, -0.2) is 5.75 Å². The fourth-order valence-corrected chi connectivity index (χ4v) is 3.54. The molecule has 4 heteroatoms. The van der Waals surface area contributed by atoms with E-state index in [0.29, 0.717) is 11.3 Å². The molecule has 0 fully saturated rings. The summed E-state index contributed by atoms with van der Waals surface area (Å²) in [6.07, 6.45) is 0.990. The number of rotatable bonds is 2. The molecule has 2 aromatic rings. The first-order valence-electron chi connectivity index (χ1n) is 6.46. The van der Waals surface area contributed by atoms with Crippen molar-refractivity contribution in [1.82, 2.24) is 0 Å². The smallest absolute Gasteiger partial charge is 0.124 e. The first-order chi connectivity index (χ1) is 9.78. The van der Waals surface area contributed by atoms with Crippen LogP contribution in [0, 0.1) is 17.1 Å². The summed E-state index contributed by atoms with van der Waals surface area (Å²) in [6.45, 7) is 0. The summed E-state index contributed by atoms with van der Waals surface area (Å²) >= 11 is 1.85. The molecule has 0 bridgehead atoms. The number of halogens is 1. The van der Waals surface area contributed by atoms with Crippen molar-refractivity contribution in [2.75, 3.05) is 11.1 Å². The molecule has 0 spiro atoms. The highest BCUT2D eigenvalue weighted by Crippen LogP contribution is 2.38. The highest BCUT2D eigenvalue weighted by Gasteiger charge is 2.20. The third kappa shape index (κ3) is 2.50. The largest absolute Gasteiger partial charge is 0.377 e. The van der Waals surface area contributed by atoms with Gasteiger partial charge in [-0.1, -0.05) is 18.2 Å². The summed E-state index contributed by atoms with van der Waals surface area (Å²) in [5.41, 5.74) is 2.29. The van der Waals surface area contributed by atoms with Gasteiger partial charge in [0.15, 0.2) is 0 Å². The van der Waals surface area contributed by atoms with Crippen LogP contribution < -0.4 is 5.32 Å². The molecule has 0 saturated heterocycles. The van der Waals surface area contributed by atoms with Gasteiger partial charge in [0.1, 0.15) is 11.9 Å². The van der Waals surface area contributed by atoms with E-state index in [9.17, 15) is 4.39 Å². The zero-order valence-electron chi connectivity index (χ0n) is 10.8. The number of hydrogen-bond acceptors (Lipinski definition) is 3. The molecule has 0 aromatic heterocycles. The molecule has 1 N–H and O–H groups in total. The van der Waals surface area contributed by atoms with Gasteiger partial charge in [0.25, 0.3) is 0 Å². The lowest BCUT2D eigenvalue weighted by Gasteiger charge is -2.27. The summed E-state index contributed by atoms with van der Waals surface area (Å²) < 4.78 is 13.2. The number of benzene rings is 2. The quantitative estimate of drug-likeness (QED) is 0.890. The number of thioether (sulfide) groups is 1. The fourth-order valence-electron chi connectivity index (χ4n) is 2.41. The lowest BCUT2D eigenvalue weighted by molar-refractivity contribution is 0.627. The van der Waals surface area contributed by atoms with E-state index in [2.05, 4.69) is 17.4 Å². The van der Waals surface area contributed by atoms with E-state index in [0.717, 1.165) is 12.2 Å². The summed E-state index contributed by atoms with van der Waals surface area (Å²) in [5, 5.41) is 12.5. The van der Waals surface area contributed by atoms with E-state index in [4.69, 9.17) is 5.26 Å². The van der Waals surface area contributed by atoms with Crippen molar-refractivity contribution in [2.24, 2.45) is 0 Å². The Kier molecular flexibility index (Phi) is 3.62. The van der Waals surface area contributed by atoms with Gasteiger partial charge in [-0.25, -0.2) is 4.39 Å². The average molecular weight is 284 g/mol. The Morgan fingerprint density at radius 2 is 2.10 bits per heavy atom. The third-order valence-electron chi connectivity index (χ3n) is 3.39. The predicted molar refractivity (Wildman–Crippen MR) is 79.3 cm³/mol. The van der Waals surface area contributed by atoms with E-state index in [1.54, 1.807) is 6.07 Å². The van der Waals surface area contributed by atoms with Crippen LogP contribution in [0.4, 0.5) is 10.1 Å². The van der Waals surface area contributed by atoms with Gasteiger partial charge in [0, 0.05) is 10.6 Å². The molecule has 0 amide bonds. The van der Waals surface area contributed by atoms with Crippen molar-refractivity contribution in [3.8, 4) is 6.07 Å². The first-order valence-corrected chi connectivity index (χ1v) is 7.44. The number of hydrogen-bond donors (Lipinski definition) is 1. The van der Waals surface area contributed by atoms with Crippen molar-refractivity contribution in [1.29, 1.82) is 5.26 Å². The third-order valence-corrected chi connectivity index (χ3v) is 4.51. The van der Waals surface area contributed by atoms with Gasteiger partial charge in [0.05, 0.1) is 17.3 Å². The molecule has 2 nitrogen and oxygen atoms in total. The lowest BCUT2D eigenvalue weighted by atomic mass is 10.0. The fraction of sp³-hybridized carbons (Fsp3) is 0.188. The Bertz CT molecular complexity index is 678. The first kappa shape index (κ1) is 13.0. The molecule has 100 valence electrons. The van der Waals surface area contributed by atoms with Crippen LogP contribution >= 0.6 is 11.8 Å². The summed E-state index contributed by atoms with van der Waals surface area (Å²) in [5.74, 6) is 0.657. The van der Waals surface area contributed by atoms with Gasteiger partial charge in [-0.2, -0.15) is 5.26 Å². The molecule has 1 aliphatic heterocycles. The molecule has 1 aliphatic rings. The summed E-state index contributed by atoms with van der Waals surface area (Å²) in [6, 6.07) is 14.8. The van der Waals surface area contributed by atoms with Crippen LogP contribution in [0.3, 0.4) is 0 Å². The van der Waals surface area contributed by atoms with Gasteiger partial charge >= 0.3 is 0 Å². The van der Waals surface area contributed by atoms with Crippen molar-refractivity contribution in [3.05, 3.63) is 59.4 Å². The van der Waals surface area contributed by atoms with E-state index in [1.807, 2.05) is 30.0 Å². The number of anilines is 1. The SMILES string of the molecule is N#Cc1cc(F)ccc1NC1CCSc2ccccc21. The zero-order valence-corrected chi connectivity index (χ0v) is 11.6. The molecule has 0 radical (unpaired) electrons. The van der Waals surface area contributed by atoms with Crippen molar-refractivity contribution in [3.63, 3.8) is 0 Å². The zero-order chi connectivity index (χ0) is 13.9. The molecule has 1 atom stereocenters. The molecule has 1 unspecified atom stereocenters. The minimum Gasteiger partial charge on any atom is -0.377 e.